The number of hydrogen-bond acceptors (Lipinski definition) is 7. The second-order valence-corrected chi connectivity index (χ2v) is 10.2. The summed E-state index contributed by atoms with van der Waals surface area (Å²) in [6.45, 7) is 9.56. The van der Waals surface area contributed by atoms with Gasteiger partial charge in [-0.1, -0.05) is 27.7 Å². The lowest BCUT2D eigenvalue weighted by Crippen LogP contribution is -2.47. The van der Waals surface area contributed by atoms with Gasteiger partial charge < -0.3 is 20.3 Å². The highest BCUT2D eigenvalue weighted by Gasteiger charge is 2.27. The molecule has 0 radical (unpaired) electrons. The van der Waals surface area contributed by atoms with Crippen LogP contribution in [0.5, 0.6) is 5.75 Å². The minimum Gasteiger partial charge on any atom is -0.494 e. The highest BCUT2D eigenvalue weighted by Crippen LogP contribution is 2.20. The van der Waals surface area contributed by atoms with Crippen LogP contribution in [-0.4, -0.2) is 58.8 Å². The van der Waals surface area contributed by atoms with Crippen molar-refractivity contribution in [3.8, 4) is 5.75 Å². The zero-order chi connectivity index (χ0) is 28.6. The van der Waals surface area contributed by atoms with E-state index >= 15 is 0 Å². The lowest BCUT2D eigenvalue weighted by atomic mass is 10.1. The maximum absolute atomic E-state index is 13.3. The van der Waals surface area contributed by atoms with E-state index in [1.807, 2.05) is 27.7 Å². The number of Topliss-reactive ketones (excluding diaryl/α,β-unsaturated/α-hetero) is 1. The van der Waals surface area contributed by atoms with Crippen LogP contribution in [-0.2, 0) is 16.1 Å². The second kappa shape index (κ2) is 13.6. The first-order valence-corrected chi connectivity index (χ1v) is 12.7. The van der Waals surface area contributed by atoms with Crippen molar-refractivity contribution in [1.29, 1.82) is 0 Å². The van der Waals surface area contributed by atoms with Crippen LogP contribution in [0.3, 0.4) is 0 Å². The number of nitrogens with two attached hydrogens (primary N) is 1. The monoisotopic (exact) mass is 529 g/mol. The van der Waals surface area contributed by atoms with Gasteiger partial charge in [0, 0.05) is 32.1 Å². The molecule has 0 atom stereocenters. The molecule has 0 unspecified atom stereocenters. The van der Waals surface area contributed by atoms with E-state index in [2.05, 4.69) is 4.98 Å². The number of nitrogens with zero attached hydrogens (tertiary/aromatic N) is 3. The first-order valence-electron chi connectivity index (χ1n) is 12.7. The molecule has 208 valence electrons. The summed E-state index contributed by atoms with van der Waals surface area (Å²) in [4.78, 5) is 67.2. The predicted molar refractivity (Wildman–Crippen MR) is 147 cm³/mol. The third-order valence-electron chi connectivity index (χ3n) is 5.74. The molecule has 0 fully saturated rings. The molecule has 2 amide bonds. The van der Waals surface area contributed by atoms with E-state index in [0.29, 0.717) is 17.7 Å². The highest BCUT2D eigenvalue weighted by atomic mass is 16.5. The van der Waals surface area contributed by atoms with Gasteiger partial charge in [-0.05, 0) is 49.4 Å². The van der Waals surface area contributed by atoms with Gasteiger partial charge in [0.15, 0.2) is 11.5 Å². The summed E-state index contributed by atoms with van der Waals surface area (Å²) in [6, 6.07) is 6.75. The Morgan fingerprint density at radius 2 is 1.66 bits per heavy atom. The summed E-state index contributed by atoms with van der Waals surface area (Å²) in [5.74, 6) is -0.188. The normalized spacial score (nSPS) is 11.1. The molecule has 1 aromatic heterocycles. The number of anilines is 2. The zero-order valence-electron chi connectivity index (χ0n) is 23.1. The minimum absolute atomic E-state index is 0.00843. The van der Waals surface area contributed by atoms with Gasteiger partial charge in [-0.2, -0.15) is 0 Å². The lowest BCUT2D eigenvalue weighted by Gasteiger charge is -2.28. The van der Waals surface area contributed by atoms with Crippen LogP contribution in [0.15, 0.2) is 33.9 Å². The van der Waals surface area contributed by atoms with Crippen LogP contribution in [0, 0.1) is 11.8 Å². The van der Waals surface area contributed by atoms with Crippen molar-refractivity contribution >= 4 is 29.1 Å². The fraction of sp³-hybridized carbons (Fsp3) is 0.519. The molecule has 0 aliphatic carbocycles. The number of carbonyl (C=O) groups is 3. The highest BCUT2D eigenvalue weighted by molar-refractivity contribution is 5.98. The van der Waals surface area contributed by atoms with Gasteiger partial charge in [-0.25, -0.2) is 4.79 Å². The van der Waals surface area contributed by atoms with Crippen molar-refractivity contribution < 1.29 is 19.1 Å². The van der Waals surface area contributed by atoms with Gasteiger partial charge in [0.2, 0.25) is 11.8 Å². The summed E-state index contributed by atoms with van der Waals surface area (Å²) in [7, 11) is 1.52. The predicted octanol–water partition coefficient (Wildman–Crippen LogP) is 2.28. The van der Waals surface area contributed by atoms with E-state index in [4.69, 9.17) is 10.5 Å². The Balaban J connectivity index is 2.06. The quantitative estimate of drug-likeness (QED) is 0.299. The molecule has 0 saturated heterocycles. The third kappa shape index (κ3) is 8.32. The maximum atomic E-state index is 13.3. The molecule has 0 aliphatic heterocycles. The largest absolute Gasteiger partial charge is 0.494 e. The molecule has 0 bridgehead atoms. The molecule has 0 aliphatic rings. The second-order valence-electron chi connectivity index (χ2n) is 10.2. The average Bonchev–Trinajstić information content (AvgIpc) is 2.83. The number of aromatic amines is 1. The van der Waals surface area contributed by atoms with Gasteiger partial charge in [0.25, 0.3) is 5.56 Å². The smallest absolute Gasteiger partial charge is 0.330 e. The van der Waals surface area contributed by atoms with Crippen LogP contribution in [0.25, 0.3) is 0 Å². The molecule has 1 heterocycles. The van der Waals surface area contributed by atoms with Crippen LogP contribution in [0.2, 0.25) is 0 Å². The van der Waals surface area contributed by atoms with E-state index in [-0.39, 0.29) is 67.7 Å². The van der Waals surface area contributed by atoms with Gasteiger partial charge in [-0.3, -0.25) is 28.7 Å². The van der Waals surface area contributed by atoms with E-state index in [1.165, 1.54) is 28.3 Å². The minimum atomic E-state index is -0.746. The van der Waals surface area contributed by atoms with E-state index in [9.17, 15) is 24.0 Å². The Hall–Kier alpha value is -3.89. The standard InChI is InChI=1S/C27H39N5O6/c1-17(2)14-31(24-25(28)32(15-18(3)4)27(37)29-26(24)36)23(35)16-30(6)22(34)8-7-13-38-21-11-9-20(10-12-21)19(5)33/h9-12,17-18H,7-8,13-16,28H2,1-6H3,(H,29,36,37). The van der Waals surface area contributed by atoms with Gasteiger partial charge in [-0.15, -0.1) is 0 Å². The fourth-order valence-corrected chi connectivity index (χ4v) is 3.83. The SMILES string of the molecule is CC(=O)c1ccc(OCCCC(=O)N(C)CC(=O)N(CC(C)C)c2c(N)n(CC(C)C)c(=O)[nH]c2=O)cc1. The molecular formula is C27H39N5O6. The average molecular weight is 530 g/mol. The molecule has 11 nitrogen and oxygen atoms in total. The van der Waals surface area contributed by atoms with Crippen molar-refractivity contribution in [2.24, 2.45) is 11.8 Å². The number of H-pyrrole nitrogens is 1. The summed E-state index contributed by atoms with van der Waals surface area (Å²) in [6.07, 6.45) is 0.579. The Kier molecular flexibility index (Phi) is 10.9. The van der Waals surface area contributed by atoms with Crippen molar-refractivity contribution in [3.05, 3.63) is 50.7 Å². The van der Waals surface area contributed by atoms with E-state index < -0.39 is 17.2 Å². The lowest BCUT2D eigenvalue weighted by molar-refractivity contribution is -0.134. The molecule has 0 saturated carbocycles. The van der Waals surface area contributed by atoms with Crippen LogP contribution in [0.1, 0.15) is 57.8 Å². The molecule has 0 spiro atoms. The van der Waals surface area contributed by atoms with Crippen molar-refractivity contribution in [3.63, 3.8) is 0 Å². The zero-order valence-corrected chi connectivity index (χ0v) is 23.1. The summed E-state index contributed by atoms with van der Waals surface area (Å²) in [5.41, 5.74) is 5.35. The maximum Gasteiger partial charge on any atom is 0.330 e. The molecule has 11 heteroatoms. The first-order chi connectivity index (χ1) is 17.8. The Labute approximate surface area is 222 Å². The topological polar surface area (TPSA) is 148 Å². The number of ether oxygens (including phenoxy) is 1. The molecule has 38 heavy (non-hydrogen) atoms. The first kappa shape index (κ1) is 30.3. The Morgan fingerprint density at radius 1 is 1.03 bits per heavy atom. The van der Waals surface area contributed by atoms with Gasteiger partial charge in [0.1, 0.15) is 11.6 Å². The number of nitrogen functional groups attached to an aromatic ring is 1. The fourth-order valence-electron chi connectivity index (χ4n) is 3.83. The number of carbonyl (C=O) groups excluding carboxylic acids is 3. The number of hydrogen-bond donors (Lipinski definition) is 2. The Bertz CT molecular complexity index is 1250. The van der Waals surface area contributed by atoms with Crippen molar-refractivity contribution in [2.75, 3.05) is 37.4 Å². The van der Waals surface area contributed by atoms with Crippen LogP contribution in [0.4, 0.5) is 11.5 Å². The van der Waals surface area contributed by atoms with E-state index in [1.54, 1.807) is 24.3 Å². The van der Waals surface area contributed by atoms with Crippen molar-refractivity contribution in [2.45, 2.75) is 54.0 Å². The molecule has 2 rings (SSSR count). The van der Waals surface area contributed by atoms with Crippen LogP contribution < -0.4 is 26.6 Å². The number of amides is 2. The number of benzene rings is 1. The summed E-state index contributed by atoms with van der Waals surface area (Å²) in [5, 5.41) is 0. The third-order valence-corrected chi connectivity index (χ3v) is 5.74. The van der Waals surface area contributed by atoms with Gasteiger partial charge in [0.05, 0.1) is 13.2 Å². The van der Waals surface area contributed by atoms with Gasteiger partial charge >= 0.3 is 5.69 Å². The summed E-state index contributed by atoms with van der Waals surface area (Å²) < 4.78 is 6.88. The van der Waals surface area contributed by atoms with E-state index in [0.717, 1.165) is 0 Å². The number of aromatic nitrogens is 2. The number of rotatable bonds is 13. The molecule has 1 aromatic carbocycles. The molecule has 3 N–H and O–H groups in total. The molecular weight excluding hydrogens is 490 g/mol. The Morgan fingerprint density at radius 3 is 2.21 bits per heavy atom. The van der Waals surface area contributed by atoms with Crippen molar-refractivity contribution in [1.82, 2.24) is 14.5 Å². The number of likely N-dealkylation sites (N-methyl/N-ethyl adjacent to an activating group) is 1. The number of nitrogens with one attached hydrogen (secondary N) is 1. The van der Waals surface area contributed by atoms with Crippen LogP contribution >= 0.6 is 0 Å². The number of ketones is 1. The summed E-state index contributed by atoms with van der Waals surface area (Å²) >= 11 is 0. The molecule has 2 aromatic rings.